The Labute approximate surface area is 156 Å². The lowest BCUT2D eigenvalue weighted by atomic mass is 10.2. The van der Waals surface area contributed by atoms with Crippen molar-refractivity contribution in [2.24, 2.45) is 4.99 Å². The molecule has 0 aliphatic carbocycles. The Morgan fingerprint density at radius 2 is 2.08 bits per heavy atom. The molecule has 0 aliphatic rings. The summed E-state index contributed by atoms with van der Waals surface area (Å²) in [5.74, 6) is 1.41. The van der Waals surface area contributed by atoms with E-state index in [1.165, 1.54) is 4.88 Å². The smallest absolute Gasteiger partial charge is 0.226 e. The van der Waals surface area contributed by atoms with Gasteiger partial charge in [-0.3, -0.25) is 4.99 Å². The van der Waals surface area contributed by atoms with E-state index < -0.39 is 0 Å². The second kappa shape index (κ2) is 8.18. The van der Waals surface area contributed by atoms with Crippen molar-refractivity contribution in [2.45, 2.75) is 13.1 Å². The van der Waals surface area contributed by atoms with Crippen LogP contribution in [-0.4, -0.2) is 29.9 Å². The number of thiophene rings is 1. The average Bonchev–Trinajstić information content (AvgIpc) is 3.25. The molecule has 0 saturated carbocycles. The first kappa shape index (κ1) is 17.5. The first-order valence-corrected chi connectivity index (χ1v) is 9.01. The summed E-state index contributed by atoms with van der Waals surface area (Å²) in [6.07, 6.45) is 1.67. The Balaban J connectivity index is 1.59. The van der Waals surface area contributed by atoms with Gasteiger partial charge in [0.05, 0.1) is 23.1 Å². The van der Waals surface area contributed by atoms with Crippen molar-refractivity contribution < 1.29 is 4.42 Å². The van der Waals surface area contributed by atoms with Gasteiger partial charge in [0.25, 0.3) is 0 Å². The first-order chi connectivity index (χ1) is 12.2. The van der Waals surface area contributed by atoms with E-state index in [0.29, 0.717) is 12.4 Å². The van der Waals surface area contributed by atoms with Gasteiger partial charge >= 0.3 is 0 Å². The first-order valence-electron chi connectivity index (χ1n) is 7.81. The molecule has 2 heterocycles. The van der Waals surface area contributed by atoms with Crippen LogP contribution in [0.3, 0.4) is 0 Å². The fraction of sp³-hybridized carbons (Fsp3) is 0.222. The number of rotatable bonds is 5. The highest BCUT2D eigenvalue weighted by Crippen LogP contribution is 2.22. The minimum Gasteiger partial charge on any atom is -0.444 e. The highest BCUT2D eigenvalue weighted by atomic mass is 35.5. The molecule has 0 fully saturated rings. The van der Waals surface area contributed by atoms with Gasteiger partial charge in [0.2, 0.25) is 5.89 Å². The van der Waals surface area contributed by atoms with Crippen LogP contribution in [0.1, 0.15) is 10.6 Å². The minimum absolute atomic E-state index is 0.540. The highest BCUT2D eigenvalue weighted by molar-refractivity contribution is 7.16. The number of aromatic nitrogens is 1. The quantitative estimate of drug-likeness (QED) is 0.535. The maximum atomic E-state index is 5.99. The lowest BCUT2D eigenvalue weighted by Crippen LogP contribution is -2.37. The molecule has 0 unspecified atom stereocenters. The number of hydrogen-bond acceptors (Lipinski definition) is 4. The number of guanidine groups is 1. The van der Waals surface area contributed by atoms with Crippen molar-refractivity contribution >= 4 is 28.9 Å². The molecule has 3 aromatic rings. The van der Waals surface area contributed by atoms with Crippen molar-refractivity contribution in [1.82, 2.24) is 15.2 Å². The molecule has 3 rings (SSSR count). The Morgan fingerprint density at radius 1 is 1.28 bits per heavy atom. The van der Waals surface area contributed by atoms with Crippen LogP contribution in [0.15, 0.2) is 58.1 Å². The lowest BCUT2D eigenvalue weighted by molar-refractivity contribution is 0.480. The minimum atomic E-state index is 0.540. The van der Waals surface area contributed by atoms with Gasteiger partial charge in [0.1, 0.15) is 6.26 Å². The third kappa shape index (κ3) is 4.61. The number of oxazole rings is 1. The lowest BCUT2D eigenvalue weighted by Gasteiger charge is -2.20. The molecule has 130 valence electrons. The van der Waals surface area contributed by atoms with Crippen molar-refractivity contribution in [2.75, 3.05) is 14.1 Å². The summed E-state index contributed by atoms with van der Waals surface area (Å²) in [6.45, 7) is 1.28. The monoisotopic (exact) mass is 374 g/mol. The maximum absolute atomic E-state index is 5.99. The molecule has 25 heavy (non-hydrogen) atoms. The number of hydrogen-bond donors (Lipinski definition) is 1. The molecule has 2 aromatic heterocycles. The zero-order chi connectivity index (χ0) is 17.6. The number of nitrogens with one attached hydrogen (secondary N) is 1. The predicted octanol–water partition coefficient (Wildman–Crippen LogP) is 4.26. The molecule has 0 amide bonds. The second-order valence-electron chi connectivity index (χ2n) is 5.47. The maximum Gasteiger partial charge on any atom is 0.226 e. The fourth-order valence-electron chi connectivity index (χ4n) is 2.40. The third-order valence-electron chi connectivity index (χ3n) is 3.60. The van der Waals surface area contributed by atoms with Crippen molar-refractivity contribution in [3.05, 3.63) is 63.6 Å². The Hall–Kier alpha value is -2.31. The number of aliphatic imine (C=N–C) groups is 1. The summed E-state index contributed by atoms with van der Waals surface area (Å²) in [4.78, 5) is 12.1. The highest BCUT2D eigenvalue weighted by Gasteiger charge is 2.10. The van der Waals surface area contributed by atoms with Gasteiger partial charge in [-0.05, 0) is 24.3 Å². The molecular formula is C18H19ClN4OS. The molecule has 1 N–H and O–H groups in total. The SMILES string of the molecule is CN=C(NCc1coc(-c2ccccc2)n1)N(C)Cc1ccc(Cl)s1. The van der Waals surface area contributed by atoms with Crippen LogP contribution in [0.25, 0.3) is 11.5 Å². The standard InChI is InChI=1S/C18H19ClN4OS/c1-20-18(23(2)11-15-8-9-16(19)25-15)21-10-14-12-24-17(22-14)13-6-4-3-5-7-13/h3-9,12H,10-11H2,1-2H3,(H,20,21). The fourth-order valence-corrected chi connectivity index (χ4v) is 3.54. The molecule has 1 aromatic carbocycles. The van der Waals surface area contributed by atoms with Crippen LogP contribution in [0.2, 0.25) is 4.34 Å². The van der Waals surface area contributed by atoms with Crippen molar-refractivity contribution in [1.29, 1.82) is 0 Å². The van der Waals surface area contributed by atoms with Gasteiger partial charge in [0, 0.05) is 24.5 Å². The Morgan fingerprint density at radius 3 is 2.76 bits per heavy atom. The zero-order valence-electron chi connectivity index (χ0n) is 14.1. The Bertz CT molecular complexity index is 844. The molecule has 5 nitrogen and oxygen atoms in total. The van der Waals surface area contributed by atoms with Gasteiger partial charge < -0.3 is 14.6 Å². The number of nitrogens with zero attached hydrogens (tertiary/aromatic N) is 3. The summed E-state index contributed by atoms with van der Waals surface area (Å²) in [7, 11) is 3.75. The van der Waals surface area contributed by atoms with E-state index in [1.54, 1.807) is 24.6 Å². The van der Waals surface area contributed by atoms with Crippen LogP contribution in [0.5, 0.6) is 0 Å². The van der Waals surface area contributed by atoms with Crippen LogP contribution < -0.4 is 5.32 Å². The van der Waals surface area contributed by atoms with E-state index in [-0.39, 0.29) is 0 Å². The van der Waals surface area contributed by atoms with E-state index in [0.717, 1.165) is 28.1 Å². The molecule has 0 spiro atoms. The number of halogens is 1. The average molecular weight is 375 g/mol. The molecule has 0 aliphatic heterocycles. The Kier molecular flexibility index (Phi) is 5.73. The molecule has 0 saturated heterocycles. The van der Waals surface area contributed by atoms with E-state index in [9.17, 15) is 0 Å². The van der Waals surface area contributed by atoms with Crippen LogP contribution in [0, 0.1) is 0 Å². The molecular weight excluding hydrogens is 356 g/mol. The molecule has 0 bridgehead atoms. The van der Waals surface area contributed by atoms with Gasteiger partial charge in [-0.25, -0.2) is 4.98 Å². The summed E-state index contributed by atoms with van der Waals surface area (Å²) >= 11 is 7.56. The van der Waals surface area contributed by atoms with E-state index >= 15 is 0 Å². The summed E-state index contributed by atoms with van der Waals surface area (Å²) in [5.41, 5.74) is 1.79. The second-order valence-corrected chi connectivity index (χ2v) is 7.27. The van der Waals surface area contributed by atoms with Crippen LogP contribution in [-0.2, 0) is 13.1 Å². The van der Waals surface area contributed by atoms with E-state index in [2.05, 4.69) is 15.3 Å². The summed E-state index contributed by atoms with van der Waals surface area (Å²) in [5, 5.41) is 3.30. The van der Waals surface area contributed by atoms with Gasteiger partial charge in [-0.2, -0.15) is 0 Å². The molecule has 0 atom stereocenters. The largest absolute Gasteiger partial charge is 0.444 e. The summed E-state index contributed by atoms with van der Waals surface area (Å²) < 4.78 is 6.35. The van der Waals surface area contributed by atoms with Crippen LogP contribution in [0.4, 0.5) is 0 Å². The van der Waals surface area contributed by atoms with E-state index in [1.807, 2.05) is 54.4 Å². The topological polar surface area (TPSA) is 53.7 Å². The number of benzene rings is 1. The van der Waals surface area contributed by atoms with Crippen LogP contribution >= 0.6 is 22.9 Å². The third-order valence-corrected chi connectivity index (χ3v) is 4.81. The van der Waals surface area contributed by atoms with Gasteiger partial charge in [0.15, 0.2) is 5.96 Å². The van der Waals surface area contributed by atoms with Gasteiger partial charge in [-0.15, -0.1) is 11.3 Å². The molecule has 0 radical (unpaired) electrons. The predicted molar refractivity (Wildman–Crippen MR) is 103 cm³/mol. The normalized spacial score (nSPS) is 11.6. The zero-order valence-corrected chi connectivity index (χ0v) is 15.6. The summed E-state index contributed by atoms with van der Waals surface area (Å²) in [6, 6.07) is 13.8. The van der Waals surface area contributed by atoms with Gasteiger partial charge in [-0.1, -0.05) is 29.8 Å². The van der Waals surface area contributed by atoms with E-state index in [4.69, 9.17) is 16.0 Å². The molecule has 7 heteroatoms. The van der Waals surface area contributed by atoms with Crippen molar-refractivity contribution in [3.63, 3.8) is 0 Å². The van der Waals surface area contributed by atoms with Crippen molar-refractivity contribution in [3.8, 4) is 11.5 Å².